The summed E-state index contributed by atoms with van der Waals surface area (Å²) in [7, 11) is -3.70. The quantitative estimate of drug-likeness (QED) is 0.882. The maximum absolute atomic E-state index is 12.3. The molecule has 0 aromatic heterocycles. The van der Waals surface area contributed by atoms with Crippen LogP contribution in [0.3, 0.4) is 0 Å². The Kier molecular flexibility index (Phi) is 4.35. The molecule has 0 amide bonds. The van der Waals surface area contributed by atoms with E-state index in [0.29, 0.717) is 22.3 Å². The van der Waals surface area contributed by atoms with E-state index in [1.807, 2.05) is 6.07 Å². The third-order valence-electron chi connectivity index (χ3n) is 2.96. The molecule has 0 saturated heterocycles. The van der Waals surface area contributed by atoms with E-state index in [0.717, 1.165) is 5.41 Å². The molecule has 4 nitrogen and oxygen atoms in total. The first kappa shape index (κ1) is 15.2. The first-order valence-electron chi connectivity index (χ1n) is 6.28. The monoisotopic (exact) mass is 301 g/mol. The second-order valence-electron chi connectivity index (χ2n) is 4.67. The predicted molar refractivity (Wildman–Crippen MR) is 83.1 cm³/mol. The lowest BCUT2D eigenvalue weighted by Gasteiger charge is -2.05. The molecule has 2 aromatic rings. The molecule has 5 heteroatoms. The fraction of sp³-hybridized carbons (Fsp3) is 0.0625. The number of nitrogens with two attached hydrogens (primary N) is 1. The SMILES string of the molecule is C/C(=C\S(N)(=O)=O)c1cccc(C(=O)c2ccccc2)c1. The molecule has 0 bridgehead atoms. The van der Waals surface area contributed by atoms with E-state index in [1.165, 1.54) is 0 Å². The van der Waals surface area contributed by atoms with Crippen molar-refractivity contribution in [1.29, 1.82) is 0 Å². The highest BCUT2D eigenvalue weighted by Gasteiger charge is 2.10. The van der Waals surface area contributed by atoms with Crippen LogP contribution in [0.25, 0.3) is 5.57 Å². The molecule has 0 aliphatic rings. The number of ketones is 1. The van der Waals surface area contributed by atoms with Gasteiger partial charge in [-0.1, -0.05) is 48.5 Å². The van der Waals surface area contributed by atoms with E-state index in [1.54, 1.807) is 55.5 Å². The number of carbonyl (C=O) groups excluding carboxylic acids is 1. The van der Waals surface area contributed by atoms with Gasteiger partial charge in [0.2, 0.25) is 10.0 Å². The number of sulfonamides is 1. The van der Waals surface area contributed by atoms with Crippen molar-refractivity contribution in [1.82, 2.24) is 0 Å². The van der Waals surface area contributed by atoms with Crippen molar-refractivity contribution in [2.24, 2.45) is 5.14 Å². The van der Waals surface area contributed by atoms with Gasteiger partial charge in [0.15, 0.2) is 5.78 Å². The van der Waals surface area contributed by atoms with Crippen LogP contribution in [0.15, 0.2) is 60.0 Å². The lowest BCUT2D eigenvalue weighted by Crippen LogP contribution is -2.08. The van der Waals surface area contributed by atoms with Gasteiger partial charge in [0.25, 0.3) is 0 Å². The zero-order chi connectivity index (χ0) is 15.5. The van der Waals surface area contributed by atoms with Crippen LogP contribution >= 0.6 is 0 Å². The lowest BCUT2D eigenvalue weighted by molar-refractivity contribution is 0.103. The van der Waals surface area contributed by atoms with E-state index in [9.17, 15) is 13.2 Å². The summed E-state index contributed by atoms with van der Waals surface area (Å²) < 4.78 is 22.2. The van der Waals surface area contributed by atoms with Crippen LogP contribution in [-0.2, 0) is 10.0 Å². The Hall–Kier alpha value is -2.24. The van der Waals surface area contributed by atoms with Gasteiger partial charge in [-0.05, 0) is 24.1 Å². The van der Waals surface area contributed by atoms with E-state index >= 15 is 0 Å². The second-order valence-corrected chi connectivity index (χ2v) is 6.08. The molecular formula is C16H15NO3S. The maximum Gasteiger partial charge on any atom is 0.231 e. The second kappa shape index (κ2) is 6.03. The smallest absolute Gasteiger partial charge is 0.231 e. The van der Waals surface area contributed by atoms with Crippen LogP contribution in [0, 0.1) is 0 Å². The lowest BCUT2D eigenvalue weighted by atomic mass is 9.99. The van der Waals surface area contributed by atoms with Crippen molar-refractivity contribution in [2.75, 3.05) is 0 Å². The zero-order valence-corrected chi connectivity index (χ0v) is 12.3. The van der Waals surface area contributed by atoms with Gasteiger partial charge in [-0.15, -0.1) is 0 Å². The van der Waals surface area contributed by atoms with Crippen molar-refractivity contribution in [3.05, 3.63) is 76.7 Å². The summed E-state index contributed by atoms with van der Waals surface area (Å²) in [6.45, 7) is 1.64. The van der Waals surface area contributed by atoms with Gasteiger partial charge in [-0.2, -0.15) is 0 Å². The molecule has 0 spiro atoms. The van der Waals surface area contributed by atoms with Crippen LogP contribution in [-0.4, -0.2) is 14.2 Å². The van der Waals surface area contributed by atoms with Gasteiger partial charge >= 0.3 is 0 Å². The summed E-state index contributed by atoms with van der Waals surface area (Å²) in [6.07, 6.45) is 0. The van der Waals surface area contributed by atoms with Crippen molar-refractivity contribution in [2.45, 2.75) is 6.92 Å². The Morgan fingerprint density at radius 3 is 2.14 bits per heavy atom. The van der Waals surface area contributed by atoms with E-state index in [4.69, 9.17) is 5.14 Å². The van der Waals surface area contributed by atoms with Gasteiger partial charge < -0.3 is 0 Å². The number of primary sulfonamides is 1. The number of allylic oxidation sites excluding steroid dienone is 1. The molecule has 2 N–H and O–H groups in total. The first-order valence-corrected chi connectivity index (χ1v) is 7.89. The number of benzene rings is 2. The van der Waals surface area contributed by atoms with Gasteiger partial charge in [-0.3, -0.25) is 4.79 Å². The average Bonchev–Trinajstić information content (AvgIpc) is 2.46. The third-order valence-corrected chi connectivity index (χ3v) is 3.64. The number of hydrogen-bond donors (Lipinski definition) is 1. The summed E-state index contributed by atoms with van der Waals surface area (Å²) in [5, 5.41) is 5.98. The first-order chi connectivity index (χ1) is 9.87. The van der Waals surface area contributed by atoms with Crippen LogP contribution in [0.4, 0.5) is 0 Å². The standard InChI is InChI=1S/C16H15NO3S/c1-12(11-21(17,19)20)14-8-5-9-15(10-14)16(18)13-6-3-2-4-7-13/h2-11H,1H3,(H2,17,19,20)/b12-11+. The molecule has 0 heterocycles. The Balaban J connectivity index is 2.39. The minimum atomic E-state index is -3.70. The van der Waals surface area contributed by atoms with Crippen molar-refractivity contribution >= 4 is 21.4 Å². The Morgan fingerprint density at radius 2 is 1.52 bits per heavy atom. The highest BCUT2D eigenvalue weighted by molar-refractivity contribution is 7.92. The number of hydrogen-bond acceptors (Lipinski definition) is 3. The Morgan fingerprint density at radius 1 is 0.952 bits per heavy atom. The van der Waals surface area contributed by atoms with E-state index < -0.39 is 10.0 Å². The highest BCUT2D eigenvalue weighted by atomic mass is 32.2. The summed E-state index contributed by atoms with van der Waals surface area (Å²) in [6, 6.07) is 15.7. The molecule has 0 radical (unpaired) electrons. The molecule has 2 rings (SSSR count). The fourth-order valence-electron chi connectivity index (χ4n) is 1.98. The minimum Gasteiger partial charge on any atom is -0.289 e. The van der Waals surface area contributed by atoms with E-state index in [-0.39, 0.29) is 5.78 Å². The molecule has 2 aromatic carbocycles. The number of carbonyl (C=O) groups is 1. The largest absolute Gasteiger partial charge is 0.289 e. The molecule has 0 aliphatic carbocycles. The predicted octanol–water partition coefficient (Wildman–Crippen LogP) is 2.57. The molecule has 0 saturated carbocycles. The van der Waals surface area contributed by atoms with Gasteiger partial charge in [0, 0.05) is 16.5 Å². The van der Waals surface area contributed by atoms with E-state index in [2.05, 4.69) is 0 Å². The minimum absolute atomic E-state index is 0.110. The molecule has 108 valence electrons. The Bertz CT molecular complexity index is 793. The topological polar surface area (TPSA) is 77.2 Å². The number of rotatable bonds is 4. The van der Waals surface area contributed by atoms with Crippen LogP contribution in [0.2, 0.25) is 0 Å². The summed E-state index contributed by atoms with van der Waals surface area (Å²) in [5.41, 5.74) is 2.22. The zero-order valence-electron chi connectivity index (χ0n) is 11.5. The summed E-state index contributed by atoms with van der Waals surface area (Å²) in [4.78, 5) is 12.3. The van der Waals surface area contributed by atoms with Crippen LogP contribution in [0.5, 0.6) is 0 Å². The van der Waals surface area contributed by atoms with Gasteiger partial charge in [0.05, 0.1) is 0 Å². The molecule has 21 heavy (non-hydrogen) atoms. The van der Waals surface area contributed by atoms with Crippen LogP contribution in [0.1, 0.15) is 28.4 Å². The molecule has 0 aliphatic heterocycles. The molecule has 0 unspecified atom stereocenters. The Labute approximate surface area is 124 Å². The summed E-state index contributed by atoms with van der Waals surface area (Å²) in [5.74, 6) is -0.110. The molecule has 0 fully saturated rings. The normalized spacial score (nSPS) is 12.2. The van der Waals surface area contributed by atoms with Gasteiger partial charge in [-0.25, -0.2) is 13.6 Å². The molecule has 0 atom stereocenters. The third kappa shape index (κ3) is 4.11. The maximum atomic E-state index is 12.3. The van der Waals surface area contributed by atoms with Crippen molar-refractivity contribution in [3.63, 3.8) is 0 Å². The highest BCUT2D eigenvalue weighted by Crippen LogP contribution is 2.18. The average molecular weight is 301 g/mol. The fourth-order valence-corrected chi connectivity index (χ4v) is 2.61. The van der Waals surface area contributed by atoms with Crippen molar-refractivity contribution in [3.8, 4) is 0 Å². The summed E-state index contributed by atoms with van der Waals surface area (Å²) >= 11 is 0. The van der Waals surface area contributed by atoms with Crippen LogP contribution < -0.4 is 5.14 Å². The van der Waals surface area contributed by atoms with Gasteiger partial charge in [0.1, 0.15) is 0 Å². The van der Waals surface area contributed by atoms with Crippen molar-refractivity contribution < 1.29 is 13.2 Å². The molecular weight excluding hydrogens is 286 g/mol.